The van der Waals surface area contributed by atoms with Crippen LogP contribution in [0.25, 0.3) is 0 Å². The van der Waals surface area contributed by atoms with Crippen molar-refractivity contribution < 1.29 is 9.18 Å². The summed E-state index contributed by atoms with van der Waals surface area (Å²) in [7, 11) is 0. The Balaban J connectivity index is 2.29. The Morgan fingerprint density at radius 2 is 2.35 bits per heavy atom. The van der Waals surface area contributed by atoms with E-state index >= 15 is 0 Å². The van der Waals surface area contributed by atoms with Crippen LogP contribution in [0.15, 0.2) is 23.6 Å². The minimum absolute atomic E-state index is 0.142. The predicted molar refractivity (Wildman–Crippen MR) is 77.1 cm³/mol. The van der Waals surface area contributed by atoms with E-state index in [0.29, 0.717) is 16.3 Å². The molecule has 4 nitrogen and oxygen atoms in total. The lowest BCUT2D eigenvalue weighted by Gasteiger charge is -2.04. The molecule has 0 saturated carbocycles. The van der Waals surface area contributed by atoms with Crippen LogP contribution in [0, 0.1) is 24.6 Å². The number of nitrogens with zero attached hydrogens (tertiary/aromatic N) is 1. The summed E-state index contributed by atoms with van der Waals surface area (Å²) in [6.45, 7) is 1.98. The normalized spacial score (nSPS) is 9.75. The highest BCUT2D eigenvalue weighted by molar-refractivity contribution is 7.13. The van der Waals surface area contributed by atoms with Gasteiger partial charge in [0.2, 0.25) is 0 Å². The third-order valence-electron chi connectivity index (χ3n) is 2.39. The van der Waals surface area contributed by atoms with Crippen LogP contribution in [0.3, 0.4) is 0 Å². The minimum Gasteiger partial charge on any atom is -0.320 e. The third-order valence-corrected chi connectivity index (χ3v) is 3.27. The molecule has 0 unspecified atom stereocenters. The van der Waals surface area contributed by atoms with Crippen LogP contribution in [0.5, 0.6) is 0 Å². The molecule has 1 amide bonds. The molecule has 6 heteroatoms. The van der Waals surface area contributed by atoms with Gasteiger partial charge in [-0.15, -0.1) is 11.3 Å². The van der Waals surface area contributed by atoms with Gasteiger partial charge in [-0.3, -0.25) is 10.1 Å². The van der Waals surface area contributed by atoms with Crippen LogP contribution in [-0.2, 0) is 0 Å². The Hall–Kier alpha value is -2.23. The molecule has 3 N–H and O–H groups in total. The third kappa shape index (κ3) is 3.41. The summed E-state index contributed by atoms with van der Waals surface area (Å²) in [5.74, 6) is 4.48. The van der Waals surface area contributed by atoms with Gasteiger partial charge in [0.15, 0.2) is 5.13 Å². The van der Waals surface area contributed by atoms with E-state index in [1.165, 1.54) is 29.5 Å². The molecule has 1 heterocycles. The van der Waals surface area contributed by atoms with E-state index in [1.54, 1.807) is 0 Å². The van der Waals surface area contributed by atoms with Crippen LogP contribution in [0.1, 0.15) is 21.6 Å². The molecule has 0 spiro atoms. The summed E-state index contributed by atoms with van der Waals surface area (Å²) in [4.78, 5) is 16.3. The predicted octanol–water partition coefficient (Wildman–Crippen LogP) is 2.15. The summed E-state index contributed by atoms with van der Waals surface area (Å²) < 4.78 is 13.2. The van der Waals surface area contributed by atoms with Crippen LogP contribution in [0.4, 0.5) is 9.52 Å². The summed E-state index contributed by atoms with van der Waals surface area (Å²) in [5.41, 5.74) is 6.72. The zero-order chi connectivity index (χ0) is 14.5. The van der Waals surface area contributed by atoms with E-state index in [2.05, 4.69) is 22.1 Å². The van der Waals surface area contributed by atoms with Gasteiger partial charge in [0.25, 0.3) is 5.91 Å². The first-order chi connectivity index (χ1) is 9.60. The SMILES string of the molecule is Cc1csc(NC(=O)c2ccc(F)cc2C#CCN)n1. The molecule has 0 aliphatic carbocycles. The Morgan fingerprint density at radius 3 is 3.00 bits per heavy atom. The van der Waals surface area contributed by atoms with Crippen molar-refractivity contribution in [1.82, 2.24) is 4.98 Å². The molecule has 2 rings (SSSR count). The largest absolute Gasteiger partial charge is 0.320 e. The van der Waals surface area contributed by atoms with E-state index in [1.807, 2.05) is 12.3 Å². The zero-order valence-corrected chi connectivity index (χ0v) is 11.6. The number of aromatic nitrogens is 1. The molecule has 0 aliphatic rings. The monoisotopic (exact) mass is 289 g/mol. The van der Waals surface area contributed by atoms with Gasteiger partial charge in [0, 0.05) is 10.9 Å². The van der Waals surface area contributed by atoms with E-state index in [4.69, 9.17) is 5.73 Å². The molecule has 0 bridgehead atoms. The van der Waals surface area contributed by atoms with Gasteiger partial charge in [-0.05, 0) is 25.1 Å². The summed E-state index contributed by atoms with van der Waals surface area (Å²) in [6, 6.07) is 3.83. The van der Waals surface area contributed by atoms with Gasteiger partial charge >= 0.3 is 0 Å². The van der Waals surface area contributed by atoms with Crippen LogP contribution in [0.2, 0.25) is 0 Å². The fourth-order valence-corrected chi connectivity index (χ4v) is 2.22. The molecule has 1 aromatic carbocycles. The van der Waals surface area contributed by atoms with Gasteiger partial charge in [-0.25, -0.2) is 9.37 Å². The molecule has 102 valence electrons. The summed E-state index contributed by atoms with van der Waals surface area (Å²) in [6.07, 6.45) is 0. The van der Waals surface area contributed by atoms with Crippen molar-refractivity contribution in [2.75, 3.05) is 11.9 Å². The number of carbonyl (C=O) groups excluding carboxylic acids is 1. The molecule has 0 saturated heterocycles. The highest BCUT2D eigenvalue weighted by Crippen LogP contribution is 2.17. The van der Waals surface area contributed by atoms with Crippen molar-refractivity contribution in [2.24, 2.45) is 5.73 Å². The molecule has 0 radical (unpaired) electrons. The molecular formula is C14H12FN3OS. The molecule has 2 aromatic rings. The molecule has 0 aliphatic heterocycles. The van der Waals surface area contributed by atoms with Gasteiger partial charge < -0.3 is 5.73 Å². The second kappa shape index (κ2) is 6.28. The first kappa shape index (κ1) is 14.2. The average Bonchev–Trinajstić information content (AvgIpc) is 2.81. The summed E-state index contributed by atoms with van der Waals surface area (Å²) in [5, 5.41) is 4.99. The van der Waals surface area contributed by atoms with Crippen LogP contribution < -0.4 is 11.1 Å². The standard InChI is InChI=1S/C14H12FN3OS/c1-9-8-20-14(17-9)18-13(19)12-5-4-11(15)7-10(12)3-2-6-16/h4-5,7-8H,6,16H2,1H3,(H,17,18,19). The molecule has 0 fully saturated rings. The zero-order valence-electron chi connectivity index (χ0n) is 10.7. The Bertz CT molecular complexity index is 700. The number of halogens is 1. The Labute approximate surface area is 119 Å². The maximum absolute atomic E-state index is 13.2. The maximum atomic E-state index is 13.2. The highest BCUT2D eigenvalue weighted by atomic mass is 32.1. The van der Waals surface area contributed by atoms with Crippen molar-refractivity contribution in [3.63, 3.8) is 0 Å². The van der Waals surface area contributed by atoms with E-state index in [0.717, 1.165) is 5.69 Å². The quantitative estimate of drug-likeness (QED) is 0.832. The van der Waals surface area contributed by atoms with Crippen molar-refractivity contribution in [3.8, 4) is 11.8 Å². The fraction of sp³-hybridized carbons (Fsp3) is 0.143. The van der Waals surface area contributed by atoms with E-state index < -0.39 is 5.82 Å². The van der Waals surface area contributed by atoms with Gasteiger partial charge in [0.1, 0.15) is 5.82 Å². The first-order valence-corrected chi connectivity index (χ1v) is 6.70. The van der Waals surface area contributed by atoms with Gasteiger partial charge in [0.05, 0.1) is 17.8 Å². The average molecular weight is 289 g/mol. The van der Waals surface area contributed by atoms with Crippen molar-refractivity contribution in [1.29, 1.82) is 0 Å². The van der Waals surface area contributed by atoms with E-state index in [-0.39, 0.29) is 12.5 Å². The smallest absolute Gasteiger partial charge is 0.258 e. The number of anilines is 1. The fourth-order valence-electron chi connectivity index (χ4n) is 1.54. The number of hydrogen-bond acceptors (Lipinski definition) is 4. The Kier molecular flexibility index (Phi) is 4.45. The van der Waals surface area contributed by atoms with Crippen molar-refractivity contribution in [2.45, 2.75) is 6.92 Å². The molecule has 0 atom stereocenters. The number of nitrogens with one attached hydrogen (secondary N) is 1. The van der Waals surface area contributed by atoms with Gasteiger partial charge in [-0.2, -0.15) is 0 Å². The molecule has 1 aromatic heterocycles. The number of aryl methyl sites for hydroxylation is 1. The number of benzene rings is 1. The first-order valence-electron chi connectivity index (χ1n) is 5.82. The number of carbonyl (C=O) groups is 1. The number of hydrogen-bond donors (Lipinski definition) is 2. The highest BCUT2D eigenvalue weighted by Gasteiger charge is 2.12. The lowest BCUT2D eigenvalue weighted by molar-refractivity contribution is 0.102. The number of nitrogens with two attached hydrogens (primary N) is 1. The lowest BCUT2D eigenvalue weighted by atomic mass is 10.1. The number of rotatable bonds is 2. The van der Waals surface area contributed by atoms with Gasteiger partial charge in [-0.1, -0.05) is 11.8 Å². The van der Waals surface area contributed by atoms with Crippen molar-refractivity contribution >= 4 is 22.4 Å². The topological polar surface area (TPSA) is 68.0 Å². The lowest BCUT2D eigenvalue weighted by Crippen LogP contribution is -2.13. The van der Waals surface area contributed by atoms with Crippen molar-refractivity contribution in [3.05, 3.63) is 46.2 Å². The molecular weight excluding hydrogens is 277 g/mol. The summed E-state index contributed by atoms with van der Waals surface area (Å²) >= 11 is 1.33. The second-order valence-electron chi connectivity index (χ2n) is 3.94. The number of thiazole rings is 1. The van der Waals surface area contributed by atoms with Crippen LogP contribution >= 0.6 is 11.3 Å². The number of amides is 1. The van der Waals surface area contributed by atoms with E-state index in [9.17, 15) is 9.18 Å². The second-order valence-corrected chi connectivity index (χ2v) is 4.80. The Morgan fingerprint density at radius 1 is 1.55 bits per heavy atom. The minimum atomic E-state index is -0.451. The molecule has 20 heavy (non-hydrogen) atoms. The maximum Gasteiger partial charge on any atom is 0.258 e. The van der Waals surface area contributed by atoms with Crippen LogP contribution in [-0.4, -0.2) is 17.4 Å².